The lowest BCUT2D eigenvalue weighted by Crippen LogP contribution is -2.46. The van der Waals surface area contributed by atoms with E-state index in [1.807, 2.05) is 0 Å². The van der Waals surface area contributed by atoms with E-state index in [-0.39, 0.29) is 11.8 Å². The lowest BCUT2D eigenvalue weighted by Gasteiger charge is -2.38. The molecule has 0 spiro atoms. The molecule has 19 heavy (non-hydrogen) atoms. The zero-order valence-electron chi connectivity index (χ0n) is 11.3. The van der Waals surface area contributed by atoms with Crippen molar-refractivity contribution < 1.29 is 19.1 Å². The van der Waals surface area contributed by atoms with Gasteiger partial charge in [0.05, 0.1) is 11.7 Å². The second-order valence-electron chi connectivity index (χ2n) is 5.59. The largest absolute Gasteiger partial charge is 0.481 e. The fraction of sp³-hybridized carbons (Fsp3) is 0.571. The maximum Gasteiger partial charge on any atom is 0.309 e. The van der Waals surface area contributed by atoms with Crippen molar-refractivity contribution in [2.45, 2.75) is 26.7 Å². The third-order valence-corrected chi connectivity index (χ3v) is 4.01. The third-order valence-electron chi connectivity index (χ3n) is 4.01. The van der Waals surface area contributed by atoms with Gasteiger partial charge in [-0.25, -0.2) is 0 Å². The Hall–Kier alpha value is -1.78. The number of furan rings is 1. The first-order valence-corrected chi connectivity index (χ1v) is 6.49. The molecule has 0 aliphatic carbocycles. The molecule has 104 valence electrons. The number of hydrogen-bond donors (Lipinski definition) is 1. The molecule has 2 heterocycles. The SMILES string of the molecule is CC(C)(C(=O)O)C1CCCN(C(=O)c2ccco2)C1. The van der Waals surface area contributed by atoms with E-state index >= 15 is 0 Å². The van der Waals surface area contributed by atoms with Gasteiger partial charge in [0.25, 0.3) is 5.91 Å². The highest BCUT2D eigenvalue weighted by molar-refractivity contribution is 5.91. The summed E-state index contributed by atoms with van der Waals surface area (Å²) in [5, 5.41) is 9.28. The molecule has 1 N–H and O–H groups in total. The Morgan fingerprint density at radius 1 is 1.47 bits per heavy atom. The van der Waals surface area contributed by atoms with E-state index in [9.17, 15) is 14.7 Å². The van der Waals surface area contributed by atoms with Gasteiger partial charge in [-0.3, -0.25) is 9.59 Å². The molecule has 1 aromatic heterocycles. The van der Waals surface area contributed by atoms with Gasteiger partial charge in [0.15, 0.2) is 5.76 Å². The predicted octanol–water partition coefficient (Wildman–Crippen LogP) is 2.24. The number of hydrogen-bond acceptors (Lipinski definition) is 3. The summed E-state index contributed by atoms with van der Waals surface area (Å²) in [5.74, 6) is -0.688. The summed E-state index contributed by atoms with van der Waals surface area (Å²) in [6.45, 7) is 4.58. The number of carboxylic acid groups (broad SMARTS) is 1. The first kappa shape index (κ1) is 13.6. The average molecular weight is 265 g/mol. The number of carboxylic acids is 1. The number of aliphatic carboxylic acids is 1. The number of piperidine rings is 1. The number of rotatable bonds is 3. The summed E-state index contributed by atoms with van der Waals surface area (Å²) in [6, 6.07) is 3.31. The molecule has 1 aliphatic rings. The van der Waals surface area contributed by atoms with Gasteiger partial charge in [-0.2, -0.15) is 0 Å². The van der Waals surface area contributed by atoms with E-state index < -0.39 is 11.4 Å². The van der Waals surface area contributed by atoms with Crippen LogP contribution in [0.1, 0.15) is 37.2 Å². The molecule has 1 saturated heterocycles. The van der Waals surface area contributed by atoms with Crippen LogP contribution in [-0.2, 0) is 4.79 Å². The average Bonchev–Trinajstić information content (AvgIpc) is 2.91. The molecule has 2 rings (SSSR count). The highest BCUT2D eigenvalue weighted by Gasteiger charge is 2.40. The normalized spacial score (nSPS) is 20.3. The van der Waals surface area contributed by atoms with E-state index in [4.69, 9.17) is 4.42 Å². The van der Waals surface area contributed by atoms with Crippen molar-refractivity contribution in [3.8, 4) is 0 Å². The Balaban J connectivity index is 2.09. The van der Waals surface area contributed by atoms with Gasteiger partial charge in [-0.05, 0) is 44.7 Å². The molecule has 0 radical (unpaired) electrons. The van der Waals surface area contributed by atoms with Crippen molar-refractivity contribution in [2.24, 2.45) is 11.3 Å². The standard InChI is InChI=1S/C14H19NO4/c1-14(2,13(17)18)10-5-3-7-15(9-10)12(16)11-6-4-8-19-11/h4,6,8,10H,3,5,7,9H2,1-2H3,(H,17,18). The molecule has 5 heteroatoms. The van der Waals surface area contributed by atoms with Crippen molar-refractivity contribution >= 4 is 11.9 Å². The fourth-order valence-electron chi connectivity index (χ4n) is 2.48. The highest BCUT2D eigenvalue weighted by Crippen LogP contribution is 2.34. The molecule has 5 nitrogen and oxygen atoms in total. The molecule has 1 fully saturated rings. The smallest absolute Gasteiger partial charge is 0.309 e. The maximum atomic E-state index is 12.2. The van der Waals surface area contributed by atoms with Crippen LogP contribution in [0.25, 0.3) is 0 Å². The van der Waals surface area contributed by atoms with Crippen molar-refractivity contribution in [1.82, 2.24) is 4.90 Å². The molecule has 1 unspecified atom stereocenters. The number of likely N-dealkylation sites (tertiary alicyclic amines) is 1. The van der Waals surface area contributed by atoms with Crippen LogP contribution in [0.4, 0.5) is 0 Å². The molecule has 0 bridgehead atoms. The highest BCUT2D eigenvalue weighted by atomic mass is 16.4. The van der Waals surface area contributed by atoms with Crippen LogP contribution in [0, 0.1) is 11.3 Å². The van der Waals surface area contributed by atoms with Crippen molar-refractivity contribution in [2.75, 3.05) is 13.1 Å². The Morgan fingerprint density at radius 2 is 2.21 bits per heavy atom. The predicted molar refractivity (Wildman–Crippen MR) is 68.8 cm³/mol. The summed E-state index contributed by atoms with van der Waals surface area (Å²) in [5.41, 5.74) is -0.817. The minimum absolute atomic E-state index is 0.0299. The molecule has 1 atom stereocenters. The van der Waals surface area contributed by atoms with E-state index in [0.717, 1.165) is 12.8 Å². The van der Waals surface area contributed by atoms with Gasteiger partial charge in [-0.15, -0.1) is 0 Å². The van der Waals surface area contributed by atoms with Crippen LogP contribution in [0.5, 0.6) is 0 Å². The van der Waals surface area contributed by atoms with E-state index in [2.05, 4.69) is 0 Å². The van der Waals surface area contributed by atoms with Crippen molar-refractivity contribution in [1.29, 1.82) is 0 Å². The third kappa shape index (κ3) is 2.64. The van der Waals surface area contributed by atoms with Crippen LogP contribution < -0.4 is 0 Å². The Morgan fingerprint density at radius 3 is 2.79 bits per heavy atom. The zero-order valence-corrected chi connectivity index (χ0v) is 11.3. The first-order chi connectivity index (χ1) is 8.93. The summed E-state index contributed by atoms with van der Waals surface area (Å²) in [4.78, 5) is 25.2. The summed E-state index contributed by atoms with van der Waals surface area (Å²) in [7, 11) is 0. The fourth-order valence-corrected chi connectivity index (χ4v) is 2.48. The summed E-state index contributed by atoms with van der Waals surface area (Å²) < 4.78 is 5.11. The number of nitrogens with zero attached hydrogens (tertiary/aromatic N) is 1. The molecule has 1 aliphatic heterocycles. The number of carbonyl (C=O) groups excluding carboxylic acids is 1. The van der Waals surface area contributed by atoms with E-state index in [1.165, 1.54) is 6.26 Å². The van der Waals surface area contributed by atoms with Crippen molar-refractivity contribution in [3.05, 3.63) is 24.2 Å². The van der Waals surface area contributed by atoms with Gasteiger partial charge in [0.2, 0.25) is 0 Å². The summed E-state index contributed by atoms with van der Waals surface area (Å²) >= 11 is 0. The minimum atomic E-state index is -0.817. The van der Waals surface area contributed by atoms with Crippen LogP contribution in [0.15, 0.2) is 22.8 Å². The van der Waals surface area contributed by atoms with Crippen molar-refractivity contribution in [3.63, 3.8) is 0 Å². The van der Waals surface area contributed by atoms with Crippen LogP contribution in [0.2, 0.25) is 0 Å². The molecule has 1 amide bonds. The topological polar surface area (TPSA) is 70.8 Å². The van der Waals surface area contributed by atoms with Gasteiger partial charge < -0.3 is 14.4 Å². The lowest BCUT2D eigenvalue weighted by atomic mass is 9.74. The summed E-state index contributed by atoms with van der Waals surface area (Å²) in [6.07, 6.45) is 3.13. The quantitative estimate of drug-likeness (QED) is 0.909. The minimum Gasteiger partial charge on any atom is -0.481 e. The molecule has 1 aromatic rings. The Bertz CT molecular complexity index is 464. The number of carbonyl (C=O) groups is 2. The molecule has 0 aromatic carbocycles. The van der Waals surface area contributed by atoms with Gasteiger partial charge in [0, 0.05) is 13.1 Å². The van der Waals surface area contributed by atoms with E-state index in [1.54, 1.807) is 30.9 Å². The van der Waals surface area contributed by atoms with Gasteiger partial charge in [-0.1, -0.05) is 0 Å². The Kier molecular flexibility index (Phi) is 3.64. The van der Waals surface area contributed by atoms with Gasteiger partial charge >= 0.3 is 5.97 Å². The van der Waals surface area contributed by atoms with Gasteiger partial charge in [0.1, 0.15) is 0 Å². The van der Waals surface area contributed by atoms with Crippen LogP contribution in [-0.4, -0.2) is 35.0 Å². The monoisotopic (exact) mass is 265 g/mol. The van der Waals surface area contributed by atoms with Crippen LogP contribution >= 0.6 is 0 Å². The second kappa shape index (κ2) is 5.07. The molecule has 0 saturated carbocycles. The Labute approximate surface area is 112 Å². The maximum absolute atomic E-state index is 12.2. The number of amides is 1. The first-order valence-electron chi connectivity index (χ1n) is 6.49. The zero-order chi connectivity index (χ0) is 14.0. The lowest BCUT2D eigenvalue weighted by molar-refractivity contribution is -0.151. The van der Waals surface area contributed by atoms with E-state index in [0.29, 0.717) is 18.8 Å². The second-order valence-corrected chi connectivity index (χ2v) is 5.59. The van der Waals surface area contributed by atoms with Crippen LogP contribution in [0.3, 0.4) is 0 Å². The molecular weight excluding hydrogens is 246 g/mol. The molecular formula is C14H19NO4.